The van der Waals surface area contributed by atoms with Crippen LogP contribution in [0.3, 0.4) is 0 Å². The van der Waals surface area contributed by atoms with Gasteiger partial charge in [-0.05, 0) is 12.1 Å². The summed E-state index contributed by atoms with van der Waals surface area (Å²) in [5.41, 5.74) is 0.738. The molecular weight excluding hydrogens is 270 g/mol. The third-order valence-corrected chi connectivity index (χ3v) is 3.10. The first-order valence-corrected chi connectivity index (χ1v) is 6.38. The predicted octanol–water partition coefficient (Wildman–Crippen LogP) is 1.15. The number of nitrogens with zero attached hydrogens (tertiary/aromatic N) is 1. The quantitative estimate of drug-likeness (QED) is 0.352. The Morgan fingerprint density at radius 1 is 1.43 bits per heavy atom. The van der Waals surface area contributed by atoms with Gasteiger partial charge in [-0.2, -0.15) is 0 Å². The van der Waals surface area contributed by atoms with E-state index in [0.29, 0.717) is 0 Å². The van der Waals surface area contributed by atoms with E-state index in [1.54, 1.807) is 11.0 Å². The number of terminal acetylenes is 1. The van der Waals surface area contributed by atoms with Crippen LogP contribution in [-0.2, 0) is 19.1 Å². The molecule has 0 spiro atoms. The number of ether oxygens (including phenoxy) is 2. The van der Waals surface area contributed by atoms with Gasteiger partial charge in [0.05, 0.1) is 13.2 Å². The van der Waals surface area contributed by atoms with Crippen molar-refractivity contribution in [1.82, 2.24) is 0 Å². The summed E-state index contributed by atoms with van der Waals surface area (Å²) in [6.45, 7) is 0.0433. The molecule has 1 aliphatic rings. The molecule has 2 rings (SSSR count). The molecule has 1 aliphatic heterocycles. The Hall–Kier alpha value is -2.58. The number of para-hydroxylation sites is 1. The van der Waals surface area contributed by atoms with Crippen LogP contribution in [0.1, 0.15) is 0 Å². The molecule has 0 bridgehead atoms. The third-order valence-electron chi connectivity index (χ3n) is 3.10. The maximum Gasteiger partial charge on any atom is 0.330 e. The van der Waals surface area contributed by atoms with Crippen LogP contribution in [0.5, 0.6) is 0 Å². The first-order chi connectivity index (χ1) is 10.2. The molecule has 0 aliphatic carbocycles. The van der Waals surface area contributed by atoms with Crippen molar-refractivity contribution in [2.45, 2.75) is 12.1 Å². The van der Waals surface area contributed by atoms with E-state index in [1.807, 2.05) is 30.3 Å². The van der Waals surface area contributed by atoms with Crippen LogP contribution in [-0.4, -0.2) is 37.7 Å². The van der Waals surface area contributed by atoms with E-state index in [1.165, 1.54) is 13.2 Å². The van der Waals surface area contributed by atoms with Gasteiger partial charge in [-0.15, -0.1) is 6.42 Å². The van der Waals surface area contributed by atoms with Gasteiger partial charge < -0.3 is 9.47 Å². The Balaban J connectivity index is 2.19. The molecule has 0 unspecified atom stereocenters. The van der Waals surface area contributed by atoms with Gasteiger partial charge >= 0.3 is 5.97 Å². The Labute approximate surface area is 123 Å². The van der Waals surface area contributed by atoms with E-state index in [2.05, 4.69) is 10.7 Å². The second-order valence-corrected chi connectivity index (χ2v) is 4.35. The van der Waals surface area contributed by atoms with E-state index in [-0.39, 0.29) is 18.6 Å². The minimum absolute atomic E-state index is 0.0433. The van der Waals surface area contributed by atoms with Gasteiger partial charge in [0.25, 0.3) is 5.91 Å². The largest absolute Gasteiger partial charge is 0.466 e. The molecule has 1 heterocycles. The number of esters is 1. The number of carbonyl (C=O) groups excluding carboxylic acids is 2. The zero-order valence-corrected chi connectivity index (χ0v) is 11.6. The van der Waals surface area contributed by atoms with Crippen molar-refractivity contribution in [3.05, 3.63) is 42.5 Å². The molecule has 1 saturated heterocycles. The Morgan fingerprint density at radius 3 is 2.76 bits per heavy atom. The Morgan fingerprint density at radius 2 is 2.14 bits per heavy atom. The fraction of sp³-hybridized carbons (Fsp3) is 0.250. The smallest absolute Gasteiger partial charge is 0.330 e. The molecule has 1 aromatic carbocycles. The van der Waals surface area contributed by atoms with Gasteiger partial charge in [0.2, 0.25) is 0 Å². The molecule has 0 saturated carbocycles. The van der Waals surface area contributed by atoms with Crippen LogP contribution in [0.2, 0.25) is 0 Å². The zero-order valence-electron chi connectivity index (χ0n) is 11.6. The van der Waals surface area contributed by atoms with Crippen molar-refractivity contribution in [1.29, 1.82) is 0 Å². The Kier molecular flexibility index (Phi) is 4.75. The van der Waals surface area contributed by atoms with Crippen LogP contribution in [0.4, 0.5) is 5.69 Å². The lowest BCUT2D eigenvalue weighted by Crippen LogP contribution is -2.65. The SMILES string of the molecule is C#CCO[C@H]1C(=O)N(c2ccccc2)[C@@H]1/C=C/C(=O)OC. The van der Waals surface area contributed by atoms with Gasteiger partial charge in [0.1, 0.15) is 6.61 Å². The number of hydrogen-bond donors (Lipinski definition) is 0. The van der Waals surface area contributed by atoms with E-state index < -0.39 is 12.1 Å². The van der Waals surface area contributed by atoms with Gasteiger partial charge in [-0.1, -0.05) is 30.2 Å². The van der Waals surface area contributed by atoms with Gasteiger partial charge in [-0.25, -0.2) is 4.79 Å². The van der Waals surface area contributed by atoms with Crippen molar-refractivity contribution >= 4 is 17.6 Å². The minimum Gasteiger partial charge on any atom is -0.466 e. The number of hydrogen-bond acceptors (Lipinski definition) is 4. The van der Waals surface area contributed by atoms with E-state index in [9.17, 15) is 9.59 Å². The van der Waals surface area contributed by atoms with Crippen LogP contribution >= 0.6 is 0 Å². The number of rotatable bonds is 5. The van der Waals surface area contributed by atoms with Crippen molar-refractivity contribution in [3.8, 4) is 12.3 Å². The highest BCUT2D eigenvalue weighted by atomic mass is 16.5. The van der Waals surface area contributed by atoms with Gasteiger partial charge in [0.15, 0.2) is 6.10 Å². The van der Waals surface area contributed by atoms with Crippen molar-refractivity contribution < 1.29 is 19.1 Å². The molecule has 1 amide bonds. The molecule has 1 aromatic rings. The monoisotopic (exact) mass is 285 g/mol. The first kappa shape index (κ1) is 14.8. The predicted molar refractivity (Wildman–Crippen MR) is 77.4 cm³/mol. The van der Waals surface area contributed by atoms with E-state index in [4.69, 9.17) is 11.2 Å². The summed E-state index contributed by atoms with van der Waals surface area (Å²) >= 11 is 0. The summed E-state index contributed by atoms with van der Waals surface area (Å²) in [6.07, 6.45) is 7.33. The van der Waals surface area contributed by atoms with Gasteiger partial charge in [0, 0.05) is 11.8 Å². The number of carbonyl (C=O) groups is 2. The van der Waals surface area contributed by atoms with Crippen LogP contribution < -0.4 is 4.90 Å². The second kappa shape index (κ2) is 6.73. The average Bonchev–Trinajstić information content (AvgIpc) is 2.52. The lowest BCUT2D eigenvalue weighted by molar-refractivity contribution is -0.139. The minimum atomic E-state index is -0.679. The summed E-state index contributed by atoms with van der Waals surface area (Å²) in [7, 11) is 1.29. The van der Waals surface area contributed by atoms with Crippen LogP contribution in [0, 0.1) is 12.3 Å². The number of benzene rings is 1. The van der Waals surface area contributed by atoms with Crippen molar-refractivity contribution in [2.75, 3.05) is 18.6 Å². The van der Waals surface area contributed by atoms with E-state index >= 15 is 0 Å². The molecule has 5 heteroatoms. The number of β-lactam (4-membered cyclic amide) rings is 1. The first-order valence-electron chi connectivity index (χ1n) is 6.38. The molecule has 0 N–H and O–H groups in total. The molecule has 21 heavy (non-hydrogen) atoms. The normalized spacial score (nSPS) is 21.0. The lowest BCUT2D eigenvalue weighted by atomic mass is 9.96. The summed E-state index contributed by atoms with van der Waals surface area (Å²) in [6, 6.07) is 8.77. The highest BCUT2D eigenvalue weighted by Crippen LogP contribution is 2.30. The molecule has 0 aromatic heterocycles. The summed E-state index contributed by atoms with van der Waals surface area (Å²) in [5.74, 6) is 1.66. The third kappa shape index (κ3) is 3.12. The number of methoxy groups -OCH3 is 1. The topological polar surface area (TPSA) is 55.8 Å². The summed E-state index contributed by atoms with van der Waals surface area (Å²) in [5, 5.41) is 0. The molecule has 1 fully saturated rings. The number of anilines is 1. The fourth-order valence-corrected chi connectivity index (χ4v) is 2.11. The number of amides is 1. The molecule has 5 nitrogen and oxygen atoms in total. The summed E-state index contributed by atoms with van der Waals surface area (Å²) < 4.78 is 9.89. The lowest BCUT2D eigenvalue weighted by Gasteiger charge is -2.44. The average molecular weight is 285 g/mol. The molecular formula is C16H15NO4. The van der Waals surface area contributed by atoms with Crippen molar-refractivity contribution in [3.63, 3.8) is 0 Å². The van der Waals surface area contributed by atoms with Crippen molar-refractivity contribution in [2.24, 2.45) is 0 Å². The standard InChI is InChI=1S/C16H15NO4/c1-3-11-21-15-13(9-10-14(18)20-2)17(16(15)19)12-7-5-4-6-8-12/h1,4-10,13,15H,11H2,2H3/b10-9+/t13-,15-/m1/s1. The van der Waals surface area contributed by atoms with E-state index in [0.717, 1.165) is 5.69 Å². The summed E-state index contributed by atoms with van der Waals surface area (Å²) in [4.78, 5) is 24.9. The zero-order chi connectivity index (χ0) is 15.2. The fourth-order valence-electron chi connectivity index (χ4n) is 2.11. The van der Waals surface area contributed by atoms with Crippen LogP contribution in [0.15, 0.2) is 42.5 Å². The maximum absolute atomic E-state index is 12.2. The molecule has 2 atom stereocenters. The molecule has 0 radical (unpaired) electrons. The highest BCUT2D eigenvalue weighted by Gasteiger charge is 2.47. The Bertz CT molecular complexity index is 588. The van der Waals surface area contributed by atoms with Crippen LogP contribution in [0.25, 0.3) is 0 Å². The molecule has 108 valence electrons. The van der Waals surface area contributed by atoms with Gasteiger partial charge in [-0.3, -0.25) is 9.69 Å². The second-order valence-electron chi connectivity index (χ2n) is 4.35. The highest BCUT2D eigenvalue weighted by molar-refractivity contribution is 6.05. The maximum atomic E-state index is 12.2.